The monoisotopic (exact) mass is 410 g/mol. The SMILES string of the molecule is Cc1c(C#N)c(NC(=O)CNC23CCCCC2OCC3)n(-c2ccc(F)cc2)c1C. The number of carbonyl (C=O) groups excluding carboxylic acids is 1. The number of rotatable bonds is 5. The molecule has 30 heavy (non-hydrogen) atoms. The molecule has 2 aliphatic rings. The van der Waals surface area contributed by atoms with Gasteiger partial charge in [-0.1, -0.05) is 12.8 Å². The van der Waals surface area contributed by atoms with E-state index in [1.807, 2.05) is 13.8 Å². The Morgan fingerprint density at radius 1 is 1.30 bits per heavy atom. The van der Waals surface area contributed by atoms with Gasteiger partial charge in [-0.25, -0.2) is 4.39 Å². The number of carbonyl (C=O) groups is 1. The largest absolute Gasteiger partial charge is 0.376 e. The van der Waals surface area contributed by atoms with Crippen molar-refractivity contribution >= 4 is 11.7 Å². The highest BCUT2D eigenvalue weighted by Crippen LogP contribution is 2.38. The van der Waals surface area contributed by atoms with Crippen LogP contribution in [-0.2, 0) is 9.53 Å². The highest BCUT2D eigenvalue weighted by molar-refractivity contribution is 5.93. The second-order valence-electron chi connectivity index (χ2n) is 8.27. The van der Waals surface area contributed by atoms with Crippen LogP contribution in [0.1, 0.15) is 48.9 Å². The Morgan fingerprint density at radius 3 is 2.80 bits per heavy atom. The minimum atomic E-state index is -0.337. The van der Waals surface area contributed by atoms with Gasteiger partial charge in [0.2, 0.25) is 5.91 Å². The molecule has 4 rings (SSSR count). The van der Waals surface area contributed by atoms with E-state index in [0.29, 0.717) is 17.1 Å². The highest BCUT2D eigenvalue weighted by Gasteiger charge is 2.45. The summed E-state index contributed by atoms with van der Waals surface area (Å²) in [6.07, 6.45) is 5.42. The van der Waals surface area contributed by atoms with E-state index < -0.39 is 0 Å². The molecule has 1 amide bonds. The molecule has 0 bridgehead atoms. The lowest BCUT2D eigenvalue weighted by atomic mass is 9.78. The van der Waals surface area contributed by atoms with Crippen molar-refractivity contribution in [3.63, 3.8) is 0 Å². The molecule has 2 heterocycles. The lowest BCUT2D eigenvalue weighted by Crippen LogP contribution is -2.55. The van der Waals surface area contributed by atoms with Gasteiger partial charge in [-0.2, -0.15) is 5.26 Å². The molecular formula is C23H27FN4O2. The number of halogens is 1. The predicted molar refractivity (Wildman–Crippen MR) is 112 cm³/mol. The molecule has 0 spiro atoms. The zero-order valence-electron chi connectivity index (χ0n) is 17.4. The highest BCUT2D eigenvalue weighted by atomic mass is 19.1. The van der Waals surface area contributed by atoms with Crippen LogP contribution >= 0.6 is 0 Å². The molecule has 2 atom stereocenters. The summed E-state index contributed by atoms with van der Waals surface area (Å²) in [6, 6.07) is 8.21. The van der Waals surface area contributed by atoms with Crippen LogP contribution in [0.3, 0.4) is 0 Å². The van der Waals surface area contributed by atoms with E-state index in [1.54, 1.807) is 16.7 Å². The summed E-state index contributed by atoms with van der Waals surface area (Å²) in [7, 11) is 0. The third kappa shape index (κ3) is 3.62. The second-order valence-corrected chi connectivity index (χ2v) is 8.27. The molecule has 0 radical (unpaired) electrons. The average molecular weight is 410 g/mol. The number of fused-ring (bicyclic) bond motifs is 1. The van der Waals surface area contributed by atoms with Gasteiger partial charge >= 0.3 is 0 Å². The van der Waals surface area contributed by atoms with Gasteiger partial charge in [0.25, 0.3) is 0 Å². The Balaban J connectivity index is 1.56. The standard InChI is InChI=1S/C23H27FN4O2/c1-15-16(2)28(18-8-6-17(24)7-9-18)22(19(15)13-25)27-21(29)14-26-23-10-4-3-5-20(23)30-12-11-23/h6-9,20,26H,3-5,10-12,14H2,1-2H3,(H,27,29). The van der Waals surface area contributed by atoms with Gasteiger partial charge in [0.05, 0.1) is 18.2 Å². The van der Waals surface area contributed by atoms with Crippen LogP contribution in [0.4, 0.5) is 10.2 Å². The maximum atomic E-state index is 13.4. The van der Waals surface area contributed by atoms with Gasteiger partial charge < -0.3 is 15.4 Å². The molecule has 1 saturated heterocycles. The average Bonchev–Trinajstić information content (AvgIpc) is 3.27. The molecule has 6 nitrogen and oxygen atoms in total. The molecule has 2 N–H and O–H groups in total. The van der Waals surface area contributed by atoms with E-state index in [1.165, 1.54) is 12.1 Å². The number of nitrogens with one attached hydrogen (secondary N) is 2. The molecule has 158 valence electrons. The number of aromatic nitrogens is 1. The second kappa shape index (κ2) is 8.21. The van der Waals surface area contributed by atoms with Crippen molar-refractivity contribution in [3.05, 3.63) is 46.9 Å². The smallest absolute Gasteiger partial charge is 0.239 e. The third-order valence-electron chi connectivity index (χ3n) is 6.59. The Kier molecular flexibility index (Phi) is 5.63. The van der Waals surface area contributed by atoms with E-state index in [4.69, 9.17) is 4.74 Å². The third-order valence-corrected chi connectivity index (χ3v) is 6.59. The van der Waals surface area contributed by atoms with Crippen LogP contribution in [-0.4, -0.2) is 35.3 Å². The number of anilines is 1. The number of nitrogens with zero attached hydrogens (tertiary/aromatic N) is 2. The zero-order valence-corrected chi connectivity index (χ0v) is 17.4. The number of benzene rings is 1. The fraction of sp³-hybridized carbons (Fsp3) is 0.478. The Morgan fingerprint density at radius 2 is 2.07 bits per heavy atom. The van der Waals surface area contributed by atoms with E-state index in [2.05, 4.69) is 16.7 Å². The number of hydrogen-bond acceptors (Lipinski definition) is 4. The van der Waals surface area contributed by atoms with Crippen molar-refractivity contribution in [2.45, 2.75) is 57.6 Å². The first kappa shape index (κ1) is 20.6. The van der Waals surface area contributed by atoms with Crippen LogP contribution in [0.5, 0.6) is 0 Å². The van der Waals surface area contributed by atoms with E-state index >= 15 is 0 Å². The first-order valence-electron chi connectivity index (χ1n) is 10.5. The first-order valence-corrected chi connectivity index (χ1v) is 10.5. The van der Waals surface area contributed by atoms with E-state index in [-0.39, 0.29) is 29.9 Å². The van der Waals surface area contributed by atoms with Gasteiger partial charge in [-0.3, -0.25) is 9.36 Å². The van der Waals surface area contributed by atoms with Crippen LogP contribution in [0, 0.1) is 31.0 Å². The Hall–Kier alpha value is -2.69. The quantitative estimate of drug-likeness (QED) is 0.787. The Bertz CT molecular complexity index is 992. The molecule has 1 aliphatic heterocycles. The van der Waals surface area contributed by atoms with Crippen molar-refractivity contribution in [1.29, 1.82) is 5.26 Å². The number of hydrogen-bond donors (Lipinski definition) is 2. The summed E-state index contributed by atoms with van der Waals surface area (Å²) in [4.78, 5) is 12.9. The number of ether oxygens (including phenoxy) is 1. The molecular weight excluding hydrogens is 383 g/mol. The van der Waals surface area contributed by atoms with E-state index in [9.17, 15) is 14.4 Å². The van der Waals surface area contributed by atoms with E-state index in [0.717, 1.165) is 50.0 Å². The summed E-state index contributed by atoms with van der Waals surface area (Å²) >= 11 is 0. The molecule has 2 fully saturated rings. The summed E-state index contributed by atoms with van der Waals surface area (Å²) in [5.74, 6) is -0.125. The lowest BCUT2D eigenvalue weighted by Gasteiger charge is -2.38. The minimum absolute atomic E-state index is 0.127. The summed E-state index contributed by atoms with van der Waals surface area (Å²) in [5, 5.41) is 16.1. The van der Waals surface area contributed by atoms with Crippen LogP contribution in [0.15, 0.2) is 24.3 Å². The molecule has 1 saturated carbocycles. The lowest BCUT2D eigenvalue weighted by molar-refractivity contribution is -0.116. The molecule has 1 aliphatic carbocycles. The van der Waals surface area contributed by atoms with Crippen LogP contribution < -0.4 is 10.6 Å². The summed E-state index contributed by atoms with van der Waals surface area (Å²) in [6.45, 7) is 4.61. The van der Waals surface area contributed by atoms with Gasteiger partial charge in [0, 0.05) is 23.5 Å². The van der Waals surface area contributed by atoms with Gasteiger partial charge in [0.15, 0.2) is 0 Å². The van der Waals surface area contributed by atoms with Gasteiger partial charge in [-0.15, -0.1) is 0 Å². The summed E-state index contributed by atoms with van der Waals surface area (Å²) in [5.41, 5.74) is 2.61. The number of nitriles is 1. The molecule has 2 aromatic rings. The summed E-state index contributed by atoms with van der Waals surface area (Å²) < 4.78 is 21.1. The number of amides is 1. The molecule has 1 aromatic heterocycles. The molecule has 2 unspecified atom stereocenters. The topological polar surface area (TPSA) is 79.1 Å². The van der Waals surface area contributed by atoms with Crippen molar-refractivity contribution in [2.75, 3.05) is 18.5 Å². The first-order chi connectivity index (χ1) is 14.4. The molecule has 7 heteroatoms. The Labute approximate surface area is 176 Å². The normalized spacial score (nSPS) is 23.1. The predicted octanol–water partition coefficient (Wildman–Crippen LogP) is 3.73. The zero-order chi connectivity index (χ0) is 21.3. The van der Waals surface area contributed by atoms with Gasteiger partial charge in [-0.05, 0) is 62.9 Å². The van der Waals surface area contributed by atoms with Gasteiger partial charge in [0.1, 0.15) is 17.7 Å². The van der Waals surface area contributed by atoms with Crippen molar-refractivity contribution in [3.8, 4) is 11.8 Å². The molecule has 1 aromatic carbocycles. The maximum absolute atomic E-state index is 13.4. The maximum Gasteiger partial charge on any atom is 0.239 e. The van der Waals surface area contributed by atoms with Crippen LogP contribution in [0.25, 0.3) is 5.69 Å². The van der Waals surface area contributed by atoms with Crippen LogP contribution in [0.2, 0.25) is 0 Å². The van der Waals surface area contributed by atoms with Crippen molar-refractivity contribution in [1.82, 2.24) is 9.88 Å². The fourth-order valence-corrected chi connectivity index (χ4v) is 4.82. The van der Waals surface area contributed by atoms with Crippen molar-refractivity contribution < 1.29 is 13.9 Å². The fourth-order valence-electron chi connectivity index (χ4n) is 4.82. The van der Waals surface area contributed by atoms with Crippen molar-refractivity contribution in [2.24, 2.45) is 0 Å². The minimum Gasteiger partial charge on any atom is -0.376 e.